The minimum absolute atomic E-state index is 0.692. The van der Waals surface area contributed by atoms with E-state index in [0.717, 1.165) is 22.5 Å². The van der Waals surface area contributed by atoms with Gasteiger partial charge in [-0.15, -0.1) is 10.2 Å². The smallest absolute Gasteiger partial charge is 0.164 e. The lowest BCUT2D eigenvalue weighted by Gasteiger charge is -2.09. The molecule has 0 aliphatic rings. The lowest BCUT2D eigenvalue weighted by Crippen LogP contribution is -1.94. The zero-order chi connectivity index (χ0) is 13.2. The van der Waals surface area contributed by atoms with E-state index in [9.17, 15) is 0 Å². The third kappa shape index (κ3) is 2.25. The van der Waals surface area contributed by atoms with Crippen molar-refractivity contribution in [2.45, 2.75) is 0 Å². The van der Waals surface area contributed by atoms with Gasteiger partial charge in [0.15, 0.2) is 5.82 Å². The van der Waals surface area contributed by atoms with Gasteiger partial charge in [-0.2, -0.15) is 0 Å². The van der Waals surface area contributed by atoms with Crippen molar-refractivity contribution in [3.8, 4) is 22.5 Å². The Bertz CT molecular complexity index is 704. The van der Waals surface area contributed by atoms with E-state index in [-0.39, 0.29) is 0 Å². The SMILES string of the molecule is Cn1cnnc1-c1cc(Cl)ccc1-c1ccccc1. The fourth-order valence-electron chi connectivity index (χ4n) is 2.10. The Hall–Kier alpha value is -2.13. The highest BCUT2D eigenvalue weighted by atomic mass is 35.5. The standard InChI is InChI=1S/C15H12ClN3/c1-19-10-17-18-15(19)14-9-12(16)7-8-13(14)11-5-3-2-4-6-11/h2-10H,1H3. The molecule has 0 saturated carbocycles. The highest BCUT2D eigenvalue weighted by molar-refractivity contribution is 6.31. The van der Waals surface area contributed by atoms with Crippen molar-refractivity contribution in [1.82, 2.24) is 14.8 Å². The van der Waals surface area contributed by atoms with Crippen LogP contribution in [0.5, 0.6) is 0 Å². The minimum atomic E-state index is 0.692. The number of benzene rings is 2. The number of aromatic nitrogens is 3. The molecule has 2 aromatic carbocycles. The van der Waals surface area contributed by atoms with Gasteiger partial charge >= 0.3 is 0 Å². The summed E-state index contributed by atoms with van der Waals surface area (Å²) in [7, 11) is 1.92. The van der Waals surface area contributed by atoms with E-state index >= 15 is 0 Å². The Morgan fingerprint density at radius 2 is 1.79 bits per heavy atom. The van der Waals surface area contributed by atoms with Gasteiger partial charge in [0.1, 0.15) is 6.33 Å². The summed E-state index contributed by atoms with van der Waals surface area (Å²) in [4.78, 5) is 0. The van der Waals surface area contributed by atoms with Crippen LogP contribution < -0.4 is 0 Å². The average molecular weight is 270 g/mol. The molecule has 0 radical (unpaired) electrons. The lowest BCUT2D eigenvalue weighted by molar-refractivity contribution is 0.920. The second-order valence-corrected chi connectivity index (χ2v) is 4.76. The maximum Gasteiger partial charge on any atom is 0.164 e. The Kier molecular flexibility index (Phi) is 3.05. The van der Waals surface area contributed by atoms with E-state index < -0.39 is 0 Å². The Morgan fingerprint density at radius 1 is 1.00 bits per heavy atom. The molecule has 0 atom stereocenters. The van der Waals surface area contributed by atoms with Crippen LogP contribution >= 0.6 is 11.6 Å². The lowest BCUT2D eigenvalue weighted by atomic mass is 9.99. The molecule has 0 aliphatic heterocycles. The molecule has 0 N–H and O–H groups in total. The van der Waals surface area contributed by atoms with Crippen molar-refractivity contribution in [3.63, 3.8) is 0 Å². The molecule has 4 heteroatoms. The second kappa shape index (κ2) is 4.86. The molecular weight excluding hydrogens is 258 g/mol. The molecule has 94 valence electrons. The molecule has 0 aliphatic carbocycles. The van der Waals surface area contributed by atoms with Crippen LogP contribution in [0.2, 0.25) is 5.02 Å². The van der Waals surface area contributed by atoms with E-state index in [4.69, 9.17) is 11.6 Å². The third-order valence-electron chi connectivity index (χ3n) is 3.02. The van der Waals surface area contributed by atoms with Crippen LogP contribution in [-0.2, 0) is 7.05 Å². The van der Waals surface area contributed by atoms with E-state index in [1.807, 2.05) is 48.0 Å². The van der Waals surface area contributed by atoms with Crippen molar-refractivity contribution in [2.75, 3.05) is 0 Å². The first-order valence-corrected chi connectivity index (χ1v) is 6.33. The van der Waals surface area contributed by atoms with Gasteiger partial charge in [0.05, 0.1) is 0 Å². The molecule has 0 bridgehead atoms. The Morgan fingerprint density at radius 3 is 2.47 bits per heavy atom. The van der Waals surface area contributed by atoms with Gasteiger partial charge in [-0.25, -0.2) is 0 Å². The minimum Gasteiger partial charge on any atom is -0.317 e. The van der Waals surface area contributed by atoms with Crippen LogP contribution in [0.1, 0.15) is 0 Å². The Balaban J connectivity index is 2.24. The monoisotopic (exact) mass is 269 g/mol. The normalized spacial score (nSPS) is 10.6. The zero-order valence-corrected chi connectivity index (χ0v) is 11.2. The van der Waals surface area contributed by atoms with Crippen LogP contribution in [0.25, 0.3) is 22.5 Å². The molecule has 3 aromatic rings. The molecule has 19 heavy (non-hydrogen) atoms. The van der Waals surface area contributed by atoms with Gasteiger partial charge in [-0.3, -0.25) is 0 Å². The van der Waals surface area contributed by atoms with Gasteiger partial charge in [0.2, 0.25) is 0 Å². The second-order valence-electron chi connectivity index (χ2n) is 4.32. The molecule has 0 unspecified atom stereocenters. The summed E-state index contributed by atoms with van der Waals surface area (Å²) in [5, 5.41) is 8.79. The largest absolute Gasteiger partial charge is 0.317 e. The quantitative estimate of drug-likeness (QED) is 0.708. The molecule has 1 aromatic heterocycles. The number of aryl methyl sites for hydroxylation is 1. The number of hydrogen-bond acceptors (Lipinski definition) is 2. The van der Waals surface area contributed by atoms with Gasteiger partial charge in [-0.05, 0) is 23.3 Å². The van der Waals surface area contributed by atoms with Gasteiger partial charge in [-0.1, -0.05) is 48.0 Å². The molecule has 0 spiro atoms. The highest BCUT2D eigenvalue weighted by Crippen LogP contribution is 2.32. The maximum absolute atomic E-state index is 6.12. The molecule has 0 saturated heterocycles. The summed E-state index contributed by atoms with van der Waals surface area (Å²) in [5.41, 5.74) is 3.22. The van der Waals surface area contributed by atoms with Gasteiger partial charge in [0, 0.05) is 17.6 Å². The molecule has 3 rings (SSSR count). The van der Waals surface area contributed by atoms with Crippen LogP contribution in [0.15, 0.2) is 54.9 Å². The van der Waals surface area contributed by atoms with Crippen LogP contribution in [0, 0.1) is 0 Å². The molecule has 3 nitrogen and oxygen atoms in total. The van der Waals surface area contributed by atoms with Gasteiger partial charge in [0.25, 0.3) is 0 Å². The summed E-state index contributed by atoms with van der Waals surface area (Å²) in [5.74, 6) is 0.807. The van der Waals surface area contributed by atoms with E-state index in [2.05, 4.69) is 22.3 Å². The fraction of sp³-hybridized carbons (Fsp3) is 0.0667. The molecule has 1 heterocycles. The summed E-state index contributed by atoms with van der Waals surface area (Å²) in [6.07, 6.45) is 1.69. The summed E-state index contributed by atoms with van der Waals surface area (Å²) in [6.45, 7) is 0. The van der Waals surface area contributed by atoms with Crippen LogP contribution in [0.4, 0.5) is 0 Å². The number of rotatable bonds is 2. The topological polar surface area (TPSA) is 30.7 Å². The fourth-order valence-corrected chi connectivity index (χ4v) is 2.27. The van der Waals surface area contributed by atoms with E-state index in [1.165, 1.54) is 0 Å². The summed E-state index contributed by atoms with van der Waals surface area (Å²) in [6, 6.07) is 16.0. The predicted molar refractivity (Wildman–Crippen MR) is 76.9 cm³/mol. The first kappa shape index (κ1) is 11.9. The number of halogens is 1. The molecule has 0 fully saturated rings. The van der Waals surface area contributed by atoms with Gasteiger partial charge < -0.3 is 4.57 Å². The number of nitrogens with zero attached hydrogens (tertiary/aromatic N) is 3. The first-order chi connectivity index (χ1) is 9.25. The van der Waals surface area contributed by atoms with Crippen molar-refractivity contribution < 1.29 is 0 Å². The predicted octanol–water partition coefficient (Wildman–Crippen LogP) is 3.80. The highest BCUT2D eigenvalue weighted by Gasteiger charge is 2.12. The average Bonchev–Trinajstić information content (AvgIpc) is 2.86. The Labute approximate surface area is 116 Å². The summed E-state index contributed by atoms with van der Waals surface area (Å²) < 4.78 is 1.89. The van der Waals surface area contributed by atoms with Crippen molar-refractivity contribution >= 4 is 11.6 Å². The zero-order valence-electron chi connectivity index (χ0n) is 10.4. The van der Waals surface area contributed by atoms with E-state index in [0.29, 0.717) is 5.02 Å². The van der Waals surface area contributed by atoms with Crippen molar-refractivity contribution in [2.24, 2.45) is 7.05 Å². The van der Waals surface area contributed by atoms with Crippen LogP contribution in [0.3, 0.4) is 0 Å². The summed E-state index contributed by atoms with van der Waals surface area (Å²) >= 11 is 6.12. The molecular formula is C15H12ClN3. The first-order valence-electron chi connectivity index (χ1n) is 5.95. The van der Waals surface area contributed by atoms with Crippen LogP contribution in [-0.4, -0.2) is 14.8 Å². The maximum atomic E-state index is 6.12. The van der Waals surface area contributed by atoms with Crippen molar-refractivity contribution in [3.05, 3.63) is 59.9 Å². The third-order valence-corrected chi connectivity index (χ3v) is 3.25. The van der Waals surface area contributed by atoms with Crippen molar-refractivity contribution in [1.29, 1.82) is 0 Å². The van der Waals surface area contributed by atoms with E-state index in [1.54, 1.807) is 6.33 Å². The molecule has 0 amide bonds. The number of hydrogen-bond donors (Lipinski definition) is 0.